The number of hydrogen-bond acceptors (Lipinski definition) is 8. The Morgan fingerprint density at radius 1 is 1.06 bits per heavy atom. The Balaban J connectivity index is 1.42. The predicted octanol–water partition coefficient (Wildman–Crippen LogP) is 3.40. The van der Waals surface area contributed by atoms with Gasteiger partial charge in [0.05, 0.1) is 5.69 Å². The lowest BCUT2D eigenvalue weighted by atomic mass is 10.1. The second-order valence-electron chi connectivity index (χ2n) is 8.40. The fraction of sp³-hybridized carbons (Fsp3) is 0.333. The number of fused-ring (bicyclic) bond motifs is 1. The first-order valence-corrected chi connectivity index (χ1v) is 11.4. The van der Waals surface area contributed by atoms with Gasteiger partial charge in [0.1, 0.15) is 11.6 Å². The largest absolute Gasteiger partial charge is 0.507 e. The summed E-state index contributed by atoms with van der Waals surface area (Å²) in [7, 11) is 0. The number of benzene rings is 1. The highest BCUT2D eigenvalue weighted by Crippen LogP contribution is 2.35. The van der Waals surface area contributed by atoms with E-state index in [1.54, 1.807) is 18.3 Å². The third-order valence-corrected chi connectivity index (χ3v) is 6.15. The molecular formula is C24H28N8O. The van der Waals surface area contributed by atoms with E-state index >= 15 is 0 Å². The van der Waals surface area contributed by atoms with Crippen LogP contribution in [0.15, 0.2) is 42.6 Å². The first-order valence-electron chi connectivity index (χ1n) is 11.4. The van der Waals surface area contributed by atoms with Crippen molar-refractivity contribution in [2.75, 3.05) is 17.6 Å². The Morgan fingerprint density at radius 2 is 1.88 bits per heavy atom. The molecule has 1 aliphatic rings. The summed E-state index contributed by atoms with van der Waals surface area (Å²) in [4.78, 5) is 18.3. The lowest BCUT2D eigenvalue weighted by Gasteiger charge is -2.15. The quantitative estimate of drug-likeness (QED) is 0.340. The molecule has 0 saturated heterocycles. The van der Waals surface area contributed by atoms with Gasteiger partial charge in [-0.05, 0) is 43.1 Å². The van der Waals surface area contributed by atoms with Crippen molar-refractivity contribution in [2.24, 2.45) is 5.73 Å². The summed E-state index contributed by atoms with van der Waals surface area (Å²) in [6, 6.07) is 11.4. The van der Waals surface area contributed by atoms with Crippen molar-refractivity contribution in [3.8, 4) is 17.0 Å². The van der Waals surface area contributed by atoms with Crippen LogP contribution >= 0.6 is 0 Å². The van der Waals surface area contributed by atoms with E-state index < -0.39 is 0 Å². The van der Waals surface area contributed by atoms with Gasteiger partial charge in [-0.2, -0.15) is 9.97 Å². The van der Waals surface area contributed by atoms with Crippen molar-refractivity contribution in [3.05, 3.63) is 54.0 Å². The maximum atomic E-state index is 10.1. The lowest BCUT2D eigenvalue weighted by molar-refractivity contribution is 0.477. The van der Waals surface area contributed by atoms with Crippen molar-refractivity contribution in [2.45, 2.75) is 44.7 Å². The van der Waals surface area contributed by atoms with Gasteiger partial charge in [-0.3, -0.25) is 4.98 Å². The van der Waals surface area contributed by atoms with Crippen LogP contribution in [0.3, 0.4) is 0 Å². The molecule has 1 fully saturated rings. The Labute approximate surface area is 191 Å². The summed E-state index contributed by atoms with van der Waals surface area (Å²) in [5.74, 6) is 1.98. The van der Waals surface area contributed by atoms with Gasteiger partial charge in [-0.15, -0.1) is 0 Å². The van der Waals surface area contributed by atoms with Crippen LogP contribution in [0.25, 0.3) is 22.4 Å². The molecule has 9 heteroatoms. The van der Waals surface area contributed by atoms with Crippen molar-refractivity contribution >= 4 is 22.9 Å². The van der Waals surface area contributed by atoms with Crippen LogP contribution in [0, 0.1) is 0 Å². The number of nitrogens with one attached hydrogen (secondary N) is 1. The molecule has 9 nitrogen and oxygen atoms in total. The van der Waals surface area contributed by atoms with E-state index in [9.17, 15) is 5.11 Å². The van der Waals surface area contributed by atoms with Crippen LogP contribution in [0.1, 0.15) is 43.1 Å². The number of rotatable bonds is 7. The molecule has 5 rings (SSSR count). The van der Waals surface area contributed by atoms with E-state index in [1.807, 2.05) is 24.3 Å². The first kappa shape index (κ1) is 21.1. The minimum atomic E-state index is 0.209. The summed E-state index contributed by atoms with van der Waals surface area (Å²) < 4.78 is 2.22. The van der Waals surface area contributed by atoms with Gasteiger partial charge in [0.2, 0.25) is 5.95 Å². The van der Waals surface area contributed by atoms with E-state index in [4.69, 9.17) is 16.5 Å². The highest BCUT2D eigenvalue weighted by molar-refractivity contribution is 5.85. The highest BCUT2D eigenvalue weighted by atomic mass is 16.3. The van der Waals surface area contributed by atoms with Gasteiger partial charge in [-0.1, -0.05) is 31.0 Å². The molecule has 0 radical (unpaired) electrons. The van der Waals surface area contributed by atoms with Gasteiger partial charge < -0.3 is 26.5 Å². The Morgan fingerprint density at radius 3 is 2.61 bits per heavy atom. The fourth-order valence-electron chi connectivity index (χ4n) is 4.58. The van der Waals surface area contributed by atoms with Gasteiger partial charge >= 0.3 is 0 Å². The molecule has 1 aromatic carbocycles. The molecule has 0 amide bonds. The average molecular weight is 445 g/mol. The molecule has 33 heavy (non-hydrogen) atoms. The average Bonchev–Trinajstić information content (AvgIpc) is 3.46. The number of anilines is 2. The minimum absolute atomic E-state index is 0.209. The molecule has 1 saturated carbocycles. The number of imidazole rings is 1. The second-order valence-corrected chi connectivity index (χ2v) is 8.40. The van der Waals surface area contributed by atoms with Crippen LogP contribution in [-0.4, -0.2) is 36.2 Å². The molecule has 0 unspecified atom stereocenters. The Hall–Kier alpha value is -3.72. The van der Waals surface area contributed by atoms with Gasteiger partial charge in [0.25, 0.3) is 0 Å². The van der Waals surface area contributed by atoms with Crippen LogP contribution < -0.4 is 16.8 Å². The zero-order valence-electron chi connectivity index (χ0n) is 18.4. The number of hydrogen-bond donors (Lipinski definition) is 4. The van der Waals surface area contributed by atoms with Gasteiger partial charge in [0, 0.05) is 30.8 Å². The Bertz CT molecular complexity index is 1260. The van der Waals surface area contributed by atoms with E-state index in [0.717, 1.165) is 35.4 Å². The maximum absolute atomic E-state index is 10.1. The van der Waals surface area contributed by atoms with Crippen molar-refractivity contribution in [3.63, 3.8) is 0 Å². The lowest BCUT2D eigenvalue weighted by Crippen LogP contribution is -2.14. The SMILES string of the molecule is NCCc1nc2c(NCc3ccc(-c4ccccc4O)nc3)nc(N)nc2n1C1CCCC1. The summed E-state index contributed by atoms with van der Waals surface area (Å²) >= 11 is 0. The summed E-state index contributed by atoms with van der Waals surface area (Å²) in [5.41, 5.74) is 15.8. The number of phenolic OH excluding ortho intramolecular Hbond substituents is 1. The predicted molar refractivity (Wildman–Crippen MR) is 129 cm³/mol. The third-order valence-electron chi connectivity index (χ3n) is 6.15. The topological polar surface area (TPSA) is 141 Å². The van der Waals surface area contributed by atoms with Crippen molar-refractivity contribution in [1.82, 2.24) is 24.5 Å². The fourth-order valence-corrected chi connectivity index (χ4v) is 4.58. The number of pyridine rings is 1. The normalized spacial score (nSPS) is 14.2. The number of nitrogens with zero attached hydrogens (tertiary/aromatic N) is 5. The standard InChI is InChI=1S/C24H28N8O/c25-12-11-20-29-21-22(30-24(26)31-23(21)32(20)16-5-1-2-6-16)28-14-15-9-10-18(27-13-15)17-7-3-4-8-19(17)33/h3-4,7-10,13,16,33H,1-2,5-6,11-12,14,25H2,(H3,26,28,30,31). The number of para-hydroxylation sites is 1. The monoisotopic (exact) mass is 444 g/mol. The smallest absolute Gasteiger partial charge is 0.224 e. The summed E-state index contributed by atoms with van der Waals surface area (Å²) in [5, 5.41) is 13.4. The molecule has 0 aliphatic heterocycles. The molecule has 0 spiro atoms. The third kappa shape index (κ3) is 4.19. The number of aromatic nitrogens is 5. The highest BCUT2D eigenvalue weighted by Gasteiger charge is 2.25. The molecule has 1 aliphatic carbocycles. The maximum Gasteiger partial charge on any atom is 0.224 e. The molecule has 3 heterocycles. The van der Waals surface area contributed by atoms with Crippen LogP contribution in [0.5, 0.6) is 5.75 Å². The minimum Gasteiger partial charge on any atom is -0.507 e. The summed E-state index contributed by atoms with van der Waals surface area (Å²) in [6.07, 6.45) is 7.12. The van der Waals surface area contributed by atoms with E-state index in [1.165, 1.54) is 12.8 Å². The summed E-state index contributed by atoms with van der Waals surface area (Å²) in [6.45, 7) is 1.03. The van der Waals surface area contributed by atoms with E-state index in [-0.39, 0.29) is 11.7 Å². The van der Waals surface area contributed by atoms with E-state index in [0.29, 0.717) is 42.6 Å². The second kappa shape index (κ2) is 9.03. The Kier molecular flexibility index (Phi) is 5.78. The zero-order chi connectivity index (χ0) is 22.8. The zero-order valence-corrected chi connectivity index (χ0v) is 18.4. The van der Waals surface area contributed by atoms with Gasteiger partial charge in [-0.25, -0.2) is 4.98 Å². The van der Waals surface area contributed by atoms with Crippen molar-refractivity contribution < 1.29 is 5.11 Å². The molecular weight excluding hydrogens is 416 g/mol. The molecule has 3 aromatic heterocycles. The first-order chi connectivity index (χ1) is 16.1. The number of nitrogen functional groups attached to an aromatic ring is 1. The van der Waals surface area contributed by atoms with Crippen molar-refractivity contribution in [1.29, 1.82) is 0 Å². The molecule has 0 bridgehead atoms. The van der Waals surface area contributed by atoms with Crippen LogP contribution in [0.4, 0.5) is 11.8 Å². The number of aromatic hydroxyl groups is 1. The molecule has 4 aromatic rings. The van der Waals surface area contributed by atoms with Gasteiger partial charge in [0.15, 0.2) is 17.0 Å². The molecule has 6 N–H and O–H groups in total. The van der Waals surface area contributed by atoms with E-state index in [2.05, 4.69) is 24.8 Å². The number of phenols is 1. The van der Waals surface area contributed by atoms with Crippen LogP contribution in [0.2, 0.25) is 0 Å². The number of nitrogens with two attached hydrogens (primary N) is 2. The molecule has 170 valence electrons. The molecule has 0 atom stereocenters. The van der Waals surface area contributed by atoms with Crippen LogP contribution in [-0.2, 0) is 13.0 Å².